The molecule has 3 nitrogen and oxygen atoms in total. The highest BCUT2D eigenvalue weighted by molar-refractivity contribution is 6.01. The number of rotatable bonds is 2. The van der Waals surface area contributed by atoms with Gasteiger partial charge in [-0.15, -0.1) is 0 Å². The molecule has 1 aliphatic carbocycles. The molecule has 1 atom stereocenters. The molecule has 1 amide bonds. The first-order valence-electron chi connectivity index (χ1n) is 7.15. The van der Waals surface area contributed by atoms with Gasteiger partial charge in [-0.25, -0.2) is 0 Å². The van der Waals surface area contributed by atoms with Crippen molar-refractivity contribution >= 4 is 11.7 Å². The van der Waals surface area contributed by atoms with E-state index in [1.807, 2.05) is 29.2 Å². The Labute approximate surface area is 113 Å². The van der Waals surface area contributed by atoms with Crippen molar-refractivity contribution in [2.24, 2.45) is 5.92 Å². The molecule has 100 valence electrons. The predicted octanol–water partition coefficient (Wildman–Crippen LogP) is 2.44. The molecule has 2 aliphatic rings. The number of benzene rings is 1. The van der Waals surface area contributed by atoms with Gasteiger partial charge in [-0.3, -0.25) is 9.59 Å². The monoisotopic (exact) mass is 257 g/mol. The van der Waals surface area contributed by atoms with Crippen LogP contribution in [0.2, 0.25) is 0 Å². The zero-order chi connectivity index (χ0) is 13.2. The van der Waals surface area contributed by atoms with Crippen LogP contribution in [-0.2, 0) is 11.2 Å². The molecule has 3 rings (SSSR count). The number of Topliss-reactive ketones (excluding diaryl/α,β-unsaturated/α-hetero) is 1. The molecule has 0 bridgehead atoms. The van der Waals surface area contributed by atoms with E-state index in [1.165, 1.54) is 0 Å². The molecule has 1 aromatic carbocycles. The normalized spacial score (nSPS) is 22.4. The summed E-state index contributed by atoms with van der Waals surface area (Å²) in [6, 6.07) is 7.79. The van der Waals surface area contributed by atoms with E-state index in [0.29, 0.717) is 6.42 Å². The molecule has 19 heavy (non-hydrogen) atoms. The van der Waals surface area contributed by atoms with Gasteiger partial charge in [-0.1, -0.05) is 24.3 Å². The lowest BCUT2D eigenvalue weighted by molar-refractivity contribution is -0.130. The lowest BCUT2D eigenvalue weighted by atomic mass is 9.81. The van der Waals surface area contributed by atoms with E-state index in [1.54, 1.807) is 0 Å². The molecule has 0 N–H and O–H groups in total. The van der Waals surface area contributed by atoms with Crippen LogP contribution in [0.4, 0.5) is 0 Å². The second-order valence-corrected chi connectivity index (χ2v) is 5.55. The minimum atomic E-state index is -0.108. The van der Waals surface area contributed by atoms with Gasteiger partial charge < -0.3 is 4.90 Å². The van der Waals surface area contributed by atoms with Gasteiger partial charge in [0.05, 0.1) is 0 Å². The average Bonchev–Trinajstić information content (AvgIpc) is 2.96. The van der Waals surface area contributed by atoms with E-state index in [0.717, 1.165) is 49.9 Å². The fraction of sp³-hybridized carbons (Fsp3) is 0.500. The maximum absolute atomic E-state index is 12.4. The van der Waals surface area contributed by atoms with Crippen LogP contribution >= 0.6 is 0 Å². The van der Waals surface area contributed by atoms with E-state index in [9.17, 15) is 9.59 Å². The SMILES string of the molecule is O=C1c2ccccc2CCC1CC(=O)N1CCCC1. The quantitative estimate of drug-likeness (QED) is 0.816. The van der Waals surface area contributed by atoms with Gasteiger partial charge in [0, 0.05) is 31.0 Å². The molecule has 3 heteroatoms. The Kier molecular flexibility index (Phi) is 3.36. The topological polar surface area (TPSA) is 37.4 Å². The summed E-state index contributed by atoms with van der Waals surface area (Å²) in [6.07, 6.45) is 4.34. The molecule has 1 aromatic rings. The average molecular weight is 257 g/mol. The second-order valence-electron chi connectivity index (χ2n) is 5.55. The van der Waals surface area contributed by atoms with Crippen LogP contribution in [-0.4, -0.2) is 29.7 Å². The Morgan fingerprint density at radius 3 is 2.74 bits per heavy atom. The second kappa shape index (κ2) is 5.16. The van der Waals surface area contributed by atoms with Gasteiger partial charge in [0.2, 0.25) is 5.91 Å². The molecular formula is C16H19NO2. The highest BCUT2D eigenvalue weighted by atomic mass is 16.2. The maximum Gasteiger partial charge on any atom is 0.223 e. The van der Waals surface area contributed by atoms with Crippen molar-refractivity contribution in [1.29, 1.82) is 0 Å². The summed E-state index contributed by atoms with van der Waals surface area (Å²) in [4.78, 5) is 26.5. The third kappa shape index (κ3) is 2.42. The minimum absolute atomic E-state index is 0.108. The Bertz CT molecular complexity index is 503. The fourth-order valence-corrected chi connectivity index (χ4v) is 3.16. The number of amides is 1. The van der Waals surface area contributed by atoms with E-state index < -0.39 is 0 Å². The zero-order valence-corrected chi connectivity index (χ0v) is 11.1. The maximum atomic E-state index is 12.4. The molecular weight excluding hydrogens is 238 g/mol. The number of aryl methyl sites for hydroxylation is 1. The summed E-state index contributed by atoms with van der Waals surface area (Å²) in [5.74, 6) is 0.215. The van der Waals surface area contributed by atoms with Crippen LogP contribution in [0, 0.1) is 5.92 Å². The zero-order valence-electron chi connectivity index (χ0n) is 11.1. The van der Waals surface area contributed by atoms with E-state index in [-0.39, 0.29) is 17.6 Å². The number of likely N-dealkylation sites (tertiary alicyclic amines) is 1. The third-order valence-corrected chi connectivity index (χ3v) is 4.30. The van der Waals surface area contributed by atoms with Gasteiger partial charge in [0.25, 0.3) is 0 Å². The predicted molar refractivity (Wildman–Crippen MR) is 73.0 cm³/mol. The third-order valence-electron chi connectivity index (χ3n) is 4.30. The standard InChI is InChI=1S/C16H19NO2/c18-15(17-9-3-4-10-17)11-13-8-7-12-5-1-2-6-14(12)16(13)19/h1-2,5-6,13H,3-4,7-11H2. The van der Waals surface area contributed by atoms with Crippen LogP contribution in [0.25, 0.3) is 0 Å². The summed E-state index contributed by atoms with van der Waals surface area (Å²) >= 11 is 0. The number of hydrogen-bond acceptors (Lipinski definition) is 2. The molecule has 0 radical (unpaired) electrons. The van der Waals surface area contributed by atoms with Crippen LogP contribution < -0.4 is 0 Å². The van der Waals surface area contributed by atoms with E-state index >= 15 is 0 Å². The van der Waals surface area contributed by atoms with Crippen LogP contribution in [0.1, 0.15) is 41.6 Å². The number of carbonyl (C=O) groups is 2. The van der Waals surface area contributed by atoms with Gasteiger partial charge in [-0.05, 0) is 31.2 Å². The first-order valence-corrected chi connectivity index (χ1v) is 7.15. The molecule has 1 heterocycles. The summed E-state index contributed by atoms with van der Waals surface area (Å²) in [5, 5.41) is 0. The van der Waals surface area contributed by atoms with Crippen LogP contribution in [0.3, 0.4) is 0 Å². The van der Waals surface area contributed by atoms with Crippen molar-refractivity contribution in [2.45, 2.75) is 32.1 Å². The highest BCUT2D eigenvalue weighted by Gasteiger charge is 2.30. The van der Waals surface area contributed by atoms with Gasteiger partial charge in [0.1, 0.15) is 0 Å². The number of nitrogens with zero attached hydrogens (tertiary/aromatic N) is 1. The Balaban J connectivity index is 1.70. The first-order chi connectivity index (χ1) is 9.25. The lowest BCUT2D eigenvalue weighted by Gasteiger charge is -2.24. The molecule has 0 aromatic heterocycles. The van der Waals surface area contributed by atoms with Crippen LogP contribution in [0.5, 0.6) is 0 Å². The Morgan fingerprint density at radius 1 is 1.21 bits per heavy atom. The smallest absolute Gasteiger partial charge is 0.223 e. The van der Waals surface area contributed by atoms with Crippen molar-refractivity contribution in [3.8, 4) is 0 Å². The van der Waals surface area contributed by atoms with Crippen LogP contribution in [0.15, 0.2) is 24.3 Å². The number of carbonyl (C=O) groups excluding carboxylic acids is 2. The number of fused-ring (bicyclic) bond motifs is 1. The largest absolute Gasteiger partial charge is 0.343 e. The van der Waals surface area contributed by atoms with E-state index in [4.69, 9.17) is 0 Å². The minimum Gasteiger partial charge on any atom is -0.343 e. The molecule has 1 aliphatic heterocycles. The van der Waals surface area contributed by atoms with Crippen molar-refractivity contribution in [3.05, 3.63) is 35.4 Å². The molecule has 0 saturated carbocycles. The highest BCUT2D eigenvalue weighted by Crippen LogP contribution is 2.28. The number of ketones is 1. The summed E-state index contributed by atoms with van der Waals surface area (Å²) in [5.41, 5.74) is 1.96. The van der Waals surface area contributed by atoms with Crippen molar-refractivity contribution < 1.29 is 9.59 Å². The summed E-state index contributed by atoms with van der Waals surface area (Å²) in [7, 11) is 0. The van der Waals surface area contributed by atoms with Gasteiger partial charge in [0.15, 0.2) is 5.78 Å². The molecule has 0 spiro atoms. The molecule has 1 saturated heterocycles. The fourth-order valence-electron chi connectivity index (χ4n) is 3.16. The van der Waals surface area contributed by atoms with Crippen molar-refractivity contribution in [3.63, 3.8) is 0 Å². The van der Waals surface area contributed by atoms with Crippen molar-refractivity contribution in [2.75, 3.05) is 13.1 Å². The summed E-state index contributed by atoms with van der Waals surface area (Å²) in [6.45, 7) is 1.74. The molecule has 1 unspecified atom stereocenters. The van der Waals surface area contributed by atoms with E-state index in [2.05, 4.69) is 0 Å². The first kappa shape index (κ1) is 12.4. The Hall–Kier alpha value is -1.64. The van der Waals surface area contributed by atoms with Crippen molar-refractivity contribution in [1.82, 2.24) is 4.90 Å². The van der Waals surface area contributed by atoms with Gasteiger partial charge >= 0.3 is 0 Å². The number of hydrogen-bond donors (Lipinski definition) is 0. The summed E-state index contributed by atoms with van der Waals surface area (Å²) < 4.78 is 0. The lowest BCUT2D eigenvalue weighted by Crippen LogP contribution is -2.33. The van der Waals surface area contributed by atoms with Gasteiger partial charge in [-0.2, -0.15) is 0 Å². The molecule has 1 fully saturated rings. The Morgan fingerprint density at radius 2 is 1.95 bits per heavy atom.